The number of hydrogen-bond acceptors (Lipinski definition) is 2. The number of aromatic amines is 1. The summed E-state index contributed by atoms with van der Waals surface area (Å²) in [6.45, 7) is 0. The van der Waals surface area contributed by atoms with Gasteiger partial charge in [0.25, 0.3) is 5.91 Å². The molecular formula is C17H21N3O. The zero-order valence-corrected chi connectivity index (χ0v) is 12.3. The van der Waals surface area contributed by atoms with Gasteiger partial charge < -0.3 is 4.90 Å². The predicted molar refractivity (Wildman–Crippen MR) is 82.0 cm³/mol. The highest BCUT2D eigenvalue weighted by Gasteiger charge is 2.33. The summed E-state index contributed by atoms with van der Waals surface area (Å²) < 4.78 is 0. The average molecular weight is 283 g/mol. The van der Waals surface area contributed by atoms with Gasteiger partial charge in [-0.25, -0.2) is 0 Å². The van der Waals surface area contributed by atoms with E-state index in [4.69, 9.17) is 0 Å². The van der Waals surface area contributed by atoms with Gasteiger partial charge in [-0.15, -0.1) is 0 Å². The van der Waals surface area contributed by atoms with Gasteiger partial charge >= 0.3 is 0 Å². The van der Waals surface area contributed by atoms with Gasteiger partial charge in [0.2, 0.25) is 0 Å². The minimum Gasteiger partial charge on any atom is -0.338 e. The van der Waals surface area contributed by atoms with E-state index < -0.39 is 0 Å². The normalized spacial score (nSPS) is 21.4. The standard InChI is InChI=1S/C17H21N3O/c1-20(17(21)15-11-18-19-12-15)16-9-5-8-14(16)10-13-6-3-2-4-7-13/h2-4,6-7,11-12,14,16H,5,8-10H2,1H3,(H,18,19). The van der Waals surface area contributed by atoms with Crippen molar-refractivity contribution in [2.75, 3.05) is 7.05 Å². The molecule has 1 aliphatic rings. The van der Waals surface area contributed by atoms with Gasteiger partial charge in [0.1, 0.15) is 0 Å². The van der Waals surface area contributed by atoms with Gasteiger partial charge in [0, 0.05) is 19.3 Å². The van der Waals surface area contributed by atoms with Crippen molar-refractivity contribution in [1.82, 2.24) is 15.1 Å². The largest absolute Gasteiger partial charge is 0.338 e. The Morgan fingerprint density at radius 1 is 1.33 bits per heavy atom. The van der Waals surface area contributed by atoms with E-state index >= 15 is 0 Å². The third kappa shape index (κ3) is 2.99. The molecule has 0 aliphatic heterocycles. The summed E-state index contributed by atoms with van der Waals surface area (Å²) in [5.41, 5.74) is 2.00. The van der Waals surface area contributed by atoms with Crippen LogP contribution in [0.4, 0.5) is 0 Å². The number of nitrogens with zero attached hydrogens (tertiary/aromatic N) is 2. The lowest BCUT2D eigenvalue weighted by Crippen LogP contribution is -2.39. The summed E-state index contributed by atoms with van der Waals surface area (Å²) in [7, 11) is 1.92. The number of aromatic nitrogens is 2. The van der Waals surface area contributed by atoms with Gasteiger partial charge in [0.15, 0.2) is 0 Å². The van der Waals surface area contributed by atoms with Gasteiger partial charge in [-0.05, 0) is 30.7 Å². The molecule has 0 spiro atoms. The summed E-state index contributed by atoms with van der Waals surface area (Å²) in [5, 5.41) is 6.58. The van der Waals surface area contributed by atoms with Crippen molar-refractivity contribution in [3.05, 3.63) is 53.9 Å². The number of carbonyl (C=O) groups is 1. The molecule has 1 aromatic carbocycles. The van der Waals surface area contributed by atoms with E-state index in [1.165, 1.54) is 18.4 Å². The smallest absolute Gasteiger partial charge is 0.257 e. The minimum absolute atomic E-state index is 0.0636. The molecule has 3 rings (SSSR count). The lowest BCUT2D eigenvalue weighted by atomic mass is 9.93. The highest BCUT2D eigenvalue weighted by molar-refractivity contribution is 5.93. The number of benzene rings is 1. The van der Waals surface area contributed by atoms with Crippen molar-refractivity contribution in [2.24, 2.45) is 5.92 Å². The summed E-state index contributed by atoms with van der Waals surface area (Å²) >= 11 is 0. The van der Waals surface area contributed by atoms with Crippen molar-refractivity contribution in [3.8, 4) is 0 Å². The lowest BCUT2D eigenvalue weighted by molar-refractivity contribution is 0.0696. The molecule has 21 heavy (non-hydrogen) atoms. The molecule has 1 aromatic heterocycles. The third-order valence-corrected chi connectivity index (χ3v) is 4.52. The lowest BCUT2D eigenvalue weighted by Gasteiger charge is -2.29. The molecule has 0 saturated heterocycles. The van der Waals surface area contributed by atoms with Gasteiger partial charge in [-0.3, -0.25) is 9.89 Å². The first-order valence-electron chi connectivity index (χ1n) is 7.55. The number of amides is 1. The molecule has 1 amide bonds. The van der Waals surface area contributed by atoms with E-state index in [1.54, 1.807) is 12.4 Å². The van der Waals surface area contributed by atoms with Crippen molar-refractivity contribution in [3.63, 3.8) is 0 Å². The Kier molecular flexibility index (Phi) is 4.04. The molecule has 0 radical (unpaired) electrons. The fourth-order valence-corrected chi connectivity index (χ4v) is 3.40. The summed E-state index contributed by atoms with van der Waals surface area (Å²) in [5.74, 6) is 0.613. The molecule has 4 heteroatoms. The quantitative estimate of drug-likeness (QED) is 0.938. The molecular weight excluding hydrogens is 262 g/mol. The van der Waals surface area contributed by atoms with Crippen LogP contribution in [0.2, 0.25) is 0 Å². The van der Waals surface area contributed by atoms with Crippen molar-refractivity contribution in [1.29, 1.82) is 0 Å². The van der Waals surface area contributed by atoms with Crippen LogP contribution < -0.4 is 0 Å². The molecule has 4 nitrogen and oxygen atoms in total. The number of carbonyl (C=O) groups excluding carboxylic acids is 1. The maximum Gasteiger partial charge on any atom is 0.257 e. The molecule has 1 heterocycles. The highest BCUT2D eigenvalue weighted by atomic mass is 16.2. The Balaban J connectivity index is 1.70. The second-order valence-electron chi connectivity index (χ2n) is 5.85. The zero-order valence-electron chi connectivity index (χ0n) is 12.3. The minimum atomic E-state index is 0.0636. The van der Waals surface area contributed by atoms with E-state index in [2.05, 4.69) is 34.5 Å². The fourth-order valence-electron chi connectivity index (χ4n) is 3.40. The Morgan fingerprint density at radius 2 is 2.14 bits per heavy atom. The summed E-state index contributed by atoms with van der Waals surface area (Å²) in [6, 6.07) is 10.9. The molecule has 1 saturated carbocycles. The first-order valence-corrected chi connectivity index (χ1v) is 7.55. The number of hydrogen-bond donors (Lipinski definition) is 1. The zero-order chi connectivity index (χ0) is 14.7. The maximum atomic E-state index is 12.5. The van der Waals surface area contributed by atoms with E-state index in [0.717, 1.165) is 12.8 Å². The van der Waals surface area contributed by atoms with Crippen LogP contribution in [0.5, 0.6) is 0 Å². The molecule has 110 valence electrons. The Hall–Kier alpha value is -2.10. The van der Waals surface area contributed by atoms with E-state index in [0.29, 0.717) is 17.5 Å². The van der Waals surface area contributed by atoms with E-state index in [1.807, 2.05) is 18.0 Å². The first-order chi connectivity index (χ1) is 10.3. The third-order valence-electron chi connectivity index (χ3n) is 4.52. The van der Waals surface area contributed by atoms with E-state index in [9.17, 15) is 4.79 Å². The van der Waals surface area contributed by atoms with Gasteiger partial charge in [0.05, 0.1) is 11.8 Å². The van der Waals surface area contributed by atoms with Crippen LogP contribution in [0.25, 0.3) is 0 Å². The molecule has 2 aromatic rings. The Morgan fingerprint density at radius 3 is 2.86 bits per heavy atom. The first kappa shape index (κ1) is 13.9. The predicted octanol–water partition coefficient (Wildman–Crippen LogP) is 2.89. The number of H-pyrrole nitrogens is 1. The maximum absolute atomic E-state index is 12.5. The monoisotopic (exact) mass is 283 g/mol. The molecule has 1 aliphatic carbocycles. The molecule has 0 bridgehead atoms. The van der Waals surface area contributed by atoms with Crippen molar-refractivity contribution >= 4 is 5.91 Å². The second kappa shape index (κ2) is 6.12. The average Bonchev–Trinajstić information content (AvgIpc) is 3.18. The Labute approximate surface area is 125 Å². The van der Waals surface area contributed by atoms with Crippen LogP contribution in [-0.4, -0.2) is 34.1 Å². The molecule has 1 fully saturated rings. The fraction of sp³-hybridized carbons (Fsp3) is 0.412. The highest BCUT2D eigenvalue weighted by Crippen LogP contribution is 2.32. The van der Waals surface area contributed by atoms with Crippen LogP contribution >= 0.6 is 0 Å². The van der Waals surface area contributed by atoms with Gasteiger partial charge in [-0.1, -0.05) is 36.8 Å². The van der Waals surface area contributed by atoms with Crippen LogP contribution in [0.3, 0.4) is 0 Å². The molecule has 2 atom stereocenters. The van der Waals surface area contributed by atoms with Crippen molar-refractivity contribution in [2.45, 2.75) is 31.7 Å². The van der Waals surface area contributed by atoms with Crippen LogP contribution in [0.15, 0.2) is 42.7 Å². The summed E-state index contributed by atoms with van der Waals surface area (Å²) in [6.07, 6.45) is 7.81. The number of rotatable bonds is 4. The molecule has 2 unspecified atom stereocenters. The van der Waals surface area contributed by atoms with E-state index in [-0.39, 0.29) is 5.91 Å². The van der Waals surface area contributed by atoms with Gasteiger partial charge in [-0.2, -0.15) is 5.10 Å². The Bertz CT molecular complexity index is 579. The SMILES string of the molecule is CN(C(=O)c1cn[nH]c1)C1CCCC1Cc1ccccc1. The molecule has 1 N–H and O–H groups in total. The van der Waals surface area contributed by atoms with Crippen LogP contribution in [0, 0.1) is 5.92 Å². The topological polar surface area (TPSA) is 49.0 Å². The van der Waals surface area contributed by atoms with Crippen molar-refractivity contribution < 1.29 is 4.79 Å². The van der Waals surface area contributed by atoms with Crippen LogP contribution in [0.1, 0.15) is 35.2 Å². The number of nitrogens with one attached hydrogen (secondary N) is 1. The van der Waals surface area contributed by atoms with Crippen LogP contribution in [-0.2, 0) is 6.42 Å². The second-order valence-corrected chi connectivity index (χ2v) is 5.85. The summed E-state index contributed by atoms with van der Waals surface area (Å²) in [4.78, 5) is 14.4.